The Labute approximate surface area is 83.7 Å². The van der Waals surface area contributed by atoms with E-state index in [1.807, 2.05) is 0 Å². The van der Waals surface area contributed by atoms with Crippen LogP contribution in [0.1, 0.15) is 31.9 Å². The molecule has 3 nitrogen and oxygen atoms in total. The van der Waals surface area contributed by atoms with Gasteiger partial charge in [0.05, 0.1) is 13.2 Å². The van der Waals surface area contributed by atoms with Crippen LogP contribution in [0, 0.1) is 0 Å². The van der Waals surface area contributed by atoms with E-state index >= 15 is 0 Å². The quantitative estimate of drug-likeness (QED) is 0.679. The number of ether oxygens (including phenoxy) is 1. The number of hydrogen-bond acceptors (Lipinski definition) is 3. The third-order valence-corrected chi connectivity index (χ3v) is 2.06. The Kier molecular flexibility index (Phi) is 4.23. The van der Waals surface area contributed by atoms with E-state index in [1.165, 1.54) is 6.07 Å². The van der Waals surface area contributed by atoms with E-state index in [2.05, 4.69) is 6.92 Å². The van der Waals surface area contributed by atoms with E-state index in [0.29, 0.717) is 11.5 Å². The summed E-state index contributed by atoms with van der Waals surface area (Å²) < 4.78 is 10.0. The molecular weight excluding hydrogens is 180 g/mol. The van der Waals surface area contributed by atoms with Gasteiger partial charge in [-0.3, -0.25) is 0 Å². The zero-order chi connectivity index (χ0) is 10.4. The zero-order valence-corrected chi connectivity index (χ0v) is 8.71. The lowest BCUT2D eigenvalue weighted by Crippen LogP contribution is -2.01. The Morgan fingerprint density at radius 2 is 2.14 bits per heavy atom. The highest BCUT2D eigenvalue weighted by atomic mass is 16.5. The maximum absolute atomic E-state index is 11.1. The molecule has 1 rings (SSSR count). The van der Waals surface area contributed by atoms with Crippen LogP contribution in [0.25, 0.3) is 0 Å². The van der Waals surface area contributed by atoms with Gasteiger partial charge in [-0.05, 0) is 6.42 Å². The van der Waals surface area contributed by atoms with Crippen molar-refractivity contribution in [3.63, 3.8) is 0 Å². The van der Waals surface area contributed by atoms with Crippen LogP contribution in [0.15, 0.2) is 21.3 Å². The minimum absolute atomic E-state index is 0.337. The van der Waals surface area contributed by atoms with Crippen molar-refractivity contribution in [2.24, 2.45) is 0 Å². The molecule has 0 saturated heterocycles. The molecule has 0 aliphatic heterocycles. The lowest BCUT2D eigenvalue weighted by molar-refractivity contribution is 0.390. The summed E-state index contributed by atoms with van der Waals surface area (Å²) in [5.41, 5.74) is -0.337. The fraction of sp³-hybridized carbons (Fsp3) is 0.545. The van der Waals surface area contributed by atoms with E-state index in [0.717, 1.165) is 25.7 Å². The van der Waals surface area contributed by atoms with Gasteiger partial charge in [0.2, 0.25) is 0 Å². The lowest BCUT2D eigenvalue weighted by atomic mass is 10.1. The van der Waals surface area contributed by atoms with Crippen molar-refractivity contribution in [3.8, 4) is 5.75 Å². The first-order valence-corrected chi connectivity index (χ1v) is 4.94. The summed E-state index contributed by atoms with van der Waals surface area (Å²) in [6, 6.07) is 3.13. The molecule has 0 radical (unpaired) electrons. The standard InChI is InChI=1S/C11H16O3/c1-3-4-5-6-9-7-10(13-2)8-11(12)14-9/h7-8H,3-6H2,1-2H3. The van der Waals surface area contributed by atoms with Gasteiger partial charge in [0, 0.05) is 12.5 Å². The molecule has 14 heavy (non-hydrogen) atoms. The monoisotopic (exact) mass is 196 g/mol. The molecule has 1 aromatic heterocycles. The van der Waals surface area contributed by atoms with Crippen molar-refractivity contribution >= 4 is 0 Å². The molecular formula is C11H16O3. The molecule has 0 atom stereocenters. The van der Waals surface area contributed by atoms with Crippen LogP contribution in [-0.4, -0.2) is 7.11 Å². The summed E-state index contributed by atoms with van der Waals surface area (Å²) in [6.07, 6.45) is 4.17. The molecule has 78 valence electrons. The normalized spacial score (nSPS) is 10.1. The average molecular weight is 196 g/mol. The van der Waals surface area contributed by atoms with Gasteiger partial charge in [0.25, 0.3) is 0 Å². The van der Waals surface area contributed by atoms with Gasteiger partial charge in [-0.25, -0.2) is 4.79 Å². The number of rotatable bonds is 5. The molecule has 0 aromatic carbocycles. The van der Waals surface area contributed by atoms with Crippen LogP contribution in [0.3, 0.4) is 0 Å². The highest BCUT2D eigenvalue weighted by molar-refractivity contribution is 5.20. The van der Waals surface area contributed by atoms with Crippen LogP contribution in [0.4, 0.5) is 0 Å². The number of methoxy groups -OCH3 is 1. The van der Waals surface area contributed by atoms with Gasteiger partial charge in [-0.2, -0.15) is 0 Å². The van der Waals surface area contributed by atoms with Gasteiger partial charge in [0.1, 0.15) is 11.5 Å². The molecule has 0 unspecified atom stereocenters. The van der Waals surface area contributed by atoms with Crippen molar-refractivity contribution in [2.45, 2.75) is 32.6 Å². The maximum atomic E-state index is 11.1. The van der Waals surface area contributed by atoms with Gasteiger partial charge in [0.15, 0.2) is 0 Å². The smallest absolute Gasteiger partial charge is 0.339 e. The summed E-state index contributed by atoms with van der Waals surface area (Å²) in [7, 11) is 1.55. The van der Waals surface area contributed by atoms with Gasteiger partial charge < -0.3 is 9.15 Å². The SMILES string of the molecule is CCCCCc1cc(OC)cc(=O)o1. The fourth-order valence-electron chi connectivity index (χ4n) is 1.29. The van der Waals surface area contributed by atoms with Crippen LogP contribution in [0.5, 0.6) is 5.75 Å². The highest BCUT2D eigenvalue weighted by Crippen LogP contribution is 2.12. The predicted octanol–water partition coefficient (Wildman–Crippen LogP) is 2.38. The van der Waals surface area contributed by atoms with Gasteiger partial charge in [-0.1, -0.05) is 19.8 Å². The summed E-state index contributed by atoms with van der Waals surface area (Å²) in [6.45, 7) is 2.14. The Balaban J connectivity index is 2.67. The van der Waals surface area contributed by atoms with Crippen LogP contribution >= 0.6 is 0 Å². The molecule has 0 aliphatic rings. The first-order valence-electron chi connectivity index (χ1n) is 4.94. The summed E-state index contributed by atoms with van der Waals surface area (Å²) >= 11 is 0. The average Bonchev–Trinajstić information content (AvgIpc) is 2.17. The van der Waals surface area contributed by atoms with E-state index in [9.17, 15) is 4.79 Å². The third kappa shape index (κ3) is 3.24. The van der Waals surface area contributed by atoms with Crippen LogP contribution < -0.4 is 10.4 Å². The molecule has 0 spiro atoms. The number of unbranched alkanes of at least 4 members (excludes halogenated alkanes) is 2. The van der Waals surface area contributed by atoms with Crippen LogP contribution in [-0.2, 0) is 6.42 Å². The van der Waals surface area contributed by atoms with Crippen molar-refractivity contribution < 1.29 is 9.15 Å². The van der Waals surface area contributed by atoms with Crippen molar-refractivity contribution in [2.75, 3.05) is 7.11 Å². The van der Waals surface area contributed by atoms with Gasteiger partial charge in [-0.15, -0.1) is 0 Å². The Bertz CT molecular complexity index is 328. The molecule has 1 heterocycles. The number of aryl methyl sites for hydroxylation is 1. The maximum Gasteiger partial charge on any atom is 0.339 e. The first-order chi connectivity index (χ1) is 6.76. The second-order valence-electron chi connectivity index (χ2n) is 3.24. The highest BCUT2D eigenvalue weighted by Gasteiger charge is 2.01. The predicted molar refractivity (Wildman–Crippen MR) is 54.8 cm³/mol. The van der Waals surface area contributed by atoms with E-state index < -0.39 is 0 Å². The first kappa shape index (κ1) is 10.8. The molecule has 0 amide bonds. The molecule has 0 fully saturated rings. The molecule has 0 bridgehead atoms. The number of hydrogen-bond donors (Lipinski definition) is 0. The Hall–Kier alpha value is -1.25. The second kappa shape index (κ2) is 5.47. The Morgan fingerprint density at radius 3 is 2.79 bits per heavy atom. The molecule has 1 aromatic rings. The van der Waals surface area contributed by atoms with E-state index in [4.69, 9.17) is 9.15 Å². The summed E-state index contributed by atoms with van der Waals surface area (Å²) in [4.78, 5) is 11.1. The lowest BCUT2D eigenvalue weighted by Gasteiger charge is -2.01. The topological polar surface area (TPSA) is 39.4 Å². The summed E-state index contributed by atoms with van der Waals surface area (Å²) in [5.74, 6) is 1.29. The molecule has 3 heteroatoms. The van der Waals surface area contributed by atoms with E-state index in [-0.39, 0.29) is 5.63 Å². The van der Waals surface area contributed by atoms with E-state index in [1.54, 1.807) is 13.2 Å². The molecule has 0 N–H and O–H groups in total. The minimum Gasteiger partial charge on any atom is -0.496 e. The zero-order valence-electron chi connectivity index (χ0n) is 8.71. The van der Waals surface area contributed by atoms with Crippen LogP contribution in [0.2, 0.25) is 0 Å². The second-order valence-corrected chi connectivity index (χ2v) is 3.24. The largest absolute Gasteiger partial charge is 0.496 e. The Morgan fingerprint density at radius 1 is 1.36 bits per heavy atom. The van der Waals surface area contributed by atoms with Crippen molar-refractivity contribution in [3.05, 3.63) is 28.3 Å². The summed E-state index contributed by atoms with van der Waals surface area (Å²) in [5, 5.41) is 0. The van der Waals surface area contributed by atoms with Crippen molar-refractivity contribution in [1.29, 1.82) is 0 Å². The molecule has 0 saturated carbocycles. The van der Waals surface area contributed by atoms with Gasteiger partial charge >= 0.3 is 5.63 Å². The van der Waals surface area contributed by atoms with Crippen molar-refractivity contribution in [1.82, 2.24) is 0 Å². The third-order valence-electron chi connectivity index (χ3n) is 2.06. The minimum atomic E-state index is -0.337. The fourth-order valence-corrected chi connectivity index (χ4v) is 1.29. The molecule has 0 aliphatic carbocycles.